The van der Waals surface area contributed by atoms with Crippen LogP contribution in [0.3, 0.4) is 0 Å². The molecule has 0 amide bonds. The largest absolute Gasteiger partial charge is 0.497 e. The van der Waals surface area contributed by atoms with Crippen LogP contribution in [0.5, 0.6) is 17.2 Å². The van der Waals surface area contributed by atoms with Crippen LogP contribution in [0.4, 0.5) is 5.69 Å². The Morgan fingerprint density at radius 3 is 2.41 bits per heavy atom. The highest BCUT2D eigenvalue weighted by molar-refractivity contribution is 5.51. The third-order valence-electron chi connectivity index (χ3n) is 2.46. The fraction of sp³-hybridized carbons (Fsp3) is 0.143. The molecule has 88 valence electrons. The van der Waals surface area contributed by atoms with Crippen molar-refractivity contribution >= 4 is 5.69 Å². The van der Waals surface area contributed by atoms with E-state index in [2.05, 4.69) is 0 Å². The Hall–Kier alpha value is -2.16. The van der Waals surface area contributed by atoms with Crippen LogP contribution in [-0.4, -0.2) is 7.11 Å². The fourth-order valence-electron chi connectivity index (χ4n) is 1.57. The maximum absolute atomic E-state index is 5.77. The van der Waals surface area contributed by atoms with E-state index in [-0.39, 0.29) is 0 Å². The lowest BCUT2D eigenvalue weighted by molar-refractivity contribution is 0.409. The first-order chi connectivity index (χ1) is 8.19. The lowest BCUT2D eigenvalue weighted by atomic mass is 10.2. The molecule has 0 fully saturated rings. The van der Waals surface area contributed by atoms with Crippen molar-refractivity contribution in [3.05, 3.63) is 48.0 Å². The number of aryl methyl sites for hydroxylation is 1. The van der Waals surface area contributed by atoms with Gasteiger partial charge in [-0.15, -0.1) is 0 Å². The van der Waals surface area contributed by atoms with Crippen molar-refractivity contribution in [2.24, 2.45) is 0 Å². The maximum Gasteiger partial charge on any atom is 0.133 e. The number of anilines is 1. The van der Waals surface area contributed by atoms with Gasteiger partial charge in [-0.3, -0.25) is 0 Å². The van der Waals surface area contributed by atoms with Crippen LogP contribution < -0.4 is 15.2 Å². The molecule has 3 heteroatoms. The zero-order chi connectivity index (χ0) is 12.3. The highest BCUT2D eigenvalue weighted by Gasteiger charge is 2.03. The lowest BCUT2D eigenvalue weighted by Crippen LogP contribution is -1.92. The average Bonchev–Trinajstić information content (AvgIpc) is 2.31. The Kier molecular flexibility index (Phi) is 3.19. The summed E-state index contributed by atoms with van der Waals surface area (Å²) in [5.41, 5.74) is 7.46. The number of hydrogen-bond acceptors (Lipinski definition) is 3. The highest BCUT2D eigenvalue weighted by atomic mass is 16.5. The van der Waals surface area contributed by atoms with Gasteiger partial charge in [0, 0.05) is 23.9 Å². The molecule has 2 N–H and O–H groups in total. The van der Waals surface area contributed by atoms with Gasteiger partial charge in [-0.2, -0.15) is 0 Å². The molecule has 0 saturated carbocycles. The number of benzene rings is 2. The van der Waals surface area contributed by atoms with Gasteiger partial charge < -0.3 is 15.2 Å². The second kappa shape index (κ2) is 4.78. The van der Waals surface area contributed by atoms with Crippen molar-refractivity contribution in [3.8, 4) is 17.2 Å². The van der Waals surface area contributed by atoms with E-state index in [1.165, 1.54) is 0 Å². The summed E-state index contributed by atoms with van der Waals surface area (Å²) in [5, 5.41) is 0. The van der Waals surface area contributed by atoms with E-state index in [4.69, 9.17) is 15.2 Å². The average molecular weight is 229 g/mol. The first-order valence-corrected chi connectivity index (χ1v) is 5.37. The van der Waals surface area contributed by atoms with E-state index >= 15 is 0 Å². The predicted octanol–water partition coefficient (Wildman–Crippen LogP) is 3.38. The van der Waals surface area contributed by atoms with E-state index in [0.29, 0.717) is 17.2 Å². The third-order valence-corrected chi connectivity index (χ3v) is 2.46. The van der Waals surface area contributed by atoms with Crippen LogP contribution in [-0.2, 0) is 0 Å². The molecule has 0 saturated heterocycles. The summed E-state index contributed by atoms with van der Waals surface area (Å²) in [6, 6.07) is 13.2. The molecular weight excluding hydrogens is 214 g/mol. The molecule has 0 aliphatic heterocycles. The van der Waals surface area contributed by atoms with Gasteiger partial charge in [-0.05, 0) is 18.6 Å². The Morgan fingerprint density at radius 1 is 1.00 bits per heavy atom. The second-order valence-electron chi connectivity index (χ2n) is 3.81. The number of ether oxygens (including phenoxy) is 2. The topological polar surface area (TPSA) is 44.5 Å². The van der Waals surface area contributed by atoms with Gasteiger partial charge >= 0.3 is 0 Å². The molecule has 0 bridgehead atoms. The SMILES string of the molecule is COc1cc(N)cc(Oc2ccccc2C)c1. The van der Waals surface area contributed by atoms with Gasteiger partial charge in [0.15, 0.2) is 0 Å². The molecule has 0 aromatic heterocycles. The van der Waals surface area contributed by atoms with Crippen LogP contribution in [0.1, 0.15) is 5.56 Å². The van der Waals surface area contributed by atoms with Gasteiger partial charge in [0.1, 0.15) is 17.2 Å². The molecule has 0 spiro atoms. The van der Waals surface area contributed by atoms with Gasteiger partial charge in [0.25, 0.3) is 0 Å². The van der Waals surface area contributed by atoms with Crippen molar-refractivity contribution in [1.82, 2.24) is 0 Å². The van der Waals surface area contributed by atoms with Crippen molar-refractivity contribution < 1.29 is 9.47 Å². The lowest BCUT2D eigenvalue weighted by Gasteiger charge is -2.10. The number of nitrogens with two attached hydrogens (primary N) is 1. The molecule has 0 atom stereocenters. The van der Waals surface area contributed by atoms with Crippen LogP contribution in [0.2, 0.25) is 0 Å². The first kappa shape index (κ1) is 11.3. The van der Waals surface area contributed by atoms with Gasteiger partial charge in [-0.1, -0.05) is 18.2 Å². The smallest absolute Gasteiger partial charge is 0.133 e. The Balaban J connectivity index is 2.30. The fourth-order valence-corrected chi connectivity index (χ4v) is 1.57. The monoisotopic (exact) mass is 229 g/mol. The summed E-state index contributed by atoms with van der Waals surface area (Å²) in [7, 11) is 1.60. The molecule has 0 heterocycles. The second-order valence-corrected chi connectivity index (χ2v) is 3.81. The van der Waals surface area contributed by atoms with Gasteiger partial charge in [-0.25, -0.2) is 0 Å². The molecule has 0 aliphatic carbocycles. The molecule has 2 aromatic rings. The maximum atomic E-state index is 5.77. The standard InChI is InChI=1S/C14H15NO2/c1-10-5-3-4-6-14(10)17-13-8-11(15)7-12(9-13)16-2/h3-9H,15H2,1-2H3. The summed E-state index contributed by atoms with van der Waals surface area (Å²) >= 11 is 0. The minimum Gasteiger partial charge on any atom is -0.497 e. The number of nitrogen functional groups attached to an aromatic ring is 1. The summed E-state index contributed by atoms with van der Waals surface area (Å²) < 4.78 is 10.9. The number of rotatable bonds is 3. The molecule has 2 rings (SSSR count). The molecular formula is C14H15NO2. The molecule has 0 unspecified atom stereocenters. The van der Waals surface area contributed by atoms with Crippen LogP contribution in [0.25, 0.3) is 0 Å². The van der Waals surface area contributed by atoms with E-state index in [1.54, 1.807) is 19.2 Å². The Bertz CT molecular complexity index is 523. The molecule has 0 aliphatic rings. The predicted molar refractivity (Wildman–Crippen MR) is 68.7 cm³/mol. The van der Waals surface area contributed by atoms with Gasteiger partial charge in [0.05, 0.1) is 7.11 Å². The van der Waals surface area contributed by atoms with E-state index in [9.17, 15) is 0 Å². The van der Waals surface area contributed by atoms with E-state index in [0.717, 1.165) is 11.3 Å². The van der Waals surface area contributed by atoms with Crippen molar-refractivity contribution in [2.75, 3.05) is 12.8 Å². The van der Waals surface area contributed by atoms with E-state index in [1.807, 2.05) is 37.3 Å². The Labute approximate surface area is 101 Å². The zero-order valence-corrected chi connectivity index (χ0v) is 9.94. The normalized spacial score (nSPS) is 10.0. The molecule has 3 nitrogen and oxygen atoms in total. The van der Waals surface area contributed by atoms with E-state index < -0.39 is 0 Å². The third kappa shape index (κ3) is 2.69. The van der Waals surface area contributed by atoms with Crippen LogP contribution in [0.15, 0.2) is 42.5 Å². The highest BCUT2D eigenvalue weighted by Crippen LogP contribution is 2.29. The summed E-state index contributed by atoms with van der Waals surface area (Å²) in [6.45, 7) is 2.00. The summed E-state index contributed by atoms with van der Waals surface area (Å²) in [5.74, 6) is 2.19. The molecule has 17 heavy (non-hydrogen) atoms. The van der Waals surface area contributed by atoms with Crippen molar-refractivity contribution in [2.45, 2.75) is 6.92 Å². The van der Waals surface area contributed by atoms with Gasteiger partial charge in [0.2, 0.25) is 0 Å². The molecule has 0 radical (unpaired) electrons. The minimum absolute atomic E-state index is 0.618. The first-order valence-electron chi connectivity index (χ1n) is 5.37. The summed E-state index contributed by atoms with van der Waals surface area (Å²) in [4.78, 5) is 0. The molecule has 2 aromatic carbocycles. The number of hydrogen-bond donors (Lipinski definition) is 1. The zero-order valence-electron chi connectivity index (χ0n) is 9.94. The van der Waals surface area contributed by atoms with Crippen molar-refractivity contribution in [1.29, 1.82) is 0 Å². The number of methoxy groups -OCH3 is 1. The Morgan fingerprint density at radius 2 is 1.71 bits per heavy atom. The van der Waals surface area contributed by atoms with Crippen LogP contribution >= 0.6 is 0 Å². The quantitative estimate of drug-likeness (QED) is 0.820. The van der Waals surface area contributed by atoms with Crippen molar-refractivity contribution in [3.63, 3.8) is 0 Å². The summed E-state index contributed by atoms with van der Waals surface area (Å²) in [6.07, 6.45) is 0. The minimum atomic E-state index is 0.618. The van der Waals surface area contributed by atoms with Crippen LogP contribution in [0, 0.1) is 6.92 Å². The number of para-hydroxylation sites is 1.